The first kappa shape index (κ1) is 17.0. The number of carbonyl (C=O) groups excluding carboxylic acids is 1. The predicted octanol–water partition coefficient (Wildman–Crippen LogP) is 5.32. The topological polar surface area (TPSA) is 42.0 Å². The van der Waals surface area contributed by atoms with E-state index in [-0.39, 0.29) is 5.91 Å². The lowest BCUT2D eigenvalue weighted by atomic mass is 10.0. The molecule has 0 spiro atoms. The molecule has 0 atom stereocenters. The van der Waals surface area contributed by atoms with Gasteiger partial charge in [0.2, 0.25) is 5.91 Å². The molecular weight excluding hydrogens is 336 g/mol. The van der Waals surface area contributed by atoms with Crippen LogP contribution in [0.5, 0.6) is 0 Å². The summed E-state index contributed by atoms with van der Waals surface area (Å²) in [6.45, 7) is 4.35. The molecule has 0 saturated heterocycles. The Morgan fingerprint density at radius 3 is 2.62 bits per heavy atom. The Morgan fingerprint density at radius 1 is 1.21 bits per heavy atom. The van der Waals surface area contributed by atoms with E-state index in [0.29, 0.717) is 17.5 Å². The fourth-order valence-electron chi connectivity index (χ4n) is 2.45. The highest BCUT2D eigenvalue weighted by atomic mass is 32.2. The third-order valence-electron chi connectivity index (χ3n) is 3.85. The summed E-state index contributed by atoms with van der Waals surface area (Å²) >= 11 is 3.22. The number of carbonyl (C=O) groups is 1. The van der Waals surface area contributed by atoms with Crippen molar-refractivity contribution in [3.8, 4) is 0 Å². The van der Waals surface area contributed by atoms with Crippen molar-refractivity contribution in [1.82, 2.24) is 4.98 Å². The Labute approximate surface area is 150 Å². The van der Waals surface area contributed by atoms with Crippen molar-refractivity contribution in [2.24, 2.45) is 0 Å². The molecule has 0 aliphatic rings. The van der Waals surface area contributed by atoms with Gasteiger partial charge in [0, 0.05) is 4.90 Å². The average molecular weight is 357 g/mol. The van der Waals surface area contributed by atoms with Crippen molar-refractivity contribution in [2.75, 3.05) is 11.6 Å². The van der Waals surface area contributed by atoms with Crippen LogP contribution in [0.4, 0.5) is 5.13 Å². The first-order valence-corrected chi connectivity index (χ1v) is 9.92. The van der Waals surface area contributed by atoms with Gasteiger partial charge in [0.1, 0.15) is 0 Å². The quantitative estimate of drug-likeness (QED) is 0.629. The van der Waals surface area contributed by atoms with Gasteiger partial charge in [-0.05, 0) is 47.6 Å². The number of hydrogen-bond donors (Lipinski definition) is 1. The summed E-state index contributed by atoms with van der Waals surface area (Å²) < 4.78 is 1.11. The first-order chi connectivity index (χ1) is 11.5. The first-order valence-electron chi connectivity index (χ1n) is 7.88. The maximum absolute atomic E-state index is 12.2. The van der Waals surface area contributed by atoms with E-state index in [1.807, 2.05) is 36.6 Å². The smallest absolute Gasteiger partial charge is 0.230 e. The van der Waals surface area contributed by atoms with Crippen molar-refractivity contribution in [3.05, 3.63) is 53.6 Å². The molecule has 0 fully saturated rings. The SMILES string of the molecule is CSc1ccc(CC(=O)Nc2nc3ccc(C(C)C)cc3s2)cc1. The molecule has 0 bridgehead atoms. The molecule has 124 valence electrons. The number of rotatable bonds is 5. The largest absolute Gasteiger partial charge is 0.302 e. The summed E-state index contributed by atoms with van der Waals surface area (Å²) in [6.07, 6.45) is 2.40. The highest BCUT2D eigenvalue weighted by Crippen LogP contribution is 2.29. The monoisotopic (exact) mass is 356 g/mol. The zero-order chi connectivity index (χ0) is 17.1. The number of anilines is 1. The van der Waals surface area contributed by atoms with Crippen LogP contribution in [0.1, 0.15) is 30.9 Å². The zero-order valence-electron chi connectivity index (χ0n) is 14.0. The van der Waals surface area contributed by atoms with Gasteiger partial charge < -0.3 is 5.32 Å². The highest BCUT2D eigenvalue weighted by Gasteiger charge is 2.10. The molecule has 0 unspecified atom stereocenters. The molecule has 5 heteroatoms. The van der Waals surface area contributed by atoms with Gasteiger partial charge in [-0.25, -0.2) is 4.98 Å². The van der Waals surface area contributed by atoms with E-state index in [0.717, 1.165) is 15.8 Å². The van der Waals surface area contributed by atoms with E-state index in [1.165, 1.54) is 21.8 Å². The molecule has 3 aromatic rings. The minimum Gasteiger partial charge on any atom is -0.302 e. The lowest BCUT2D eigenvalue weighted by molar-refractivity contribution is -0.115. The number of nitrogens with zero attached hydrogens (tertiary/aromatic N) is 1. The Morgan fingerprint density at radius 2 is 1.96 bits per heavy atom. The predicted molar refractivity (Wildman–Crippen MR) is 104 cm³/mol. The summed E-state index contributed by atoms with van der Waals surface area (Å²) in [5, 5.41) is 3.58. The minimum absolute atomic E-state index is 0.0324. The summed E-state index contributed by atoms with van der Waals surface area (Å²) in [6, 6.07) is 14.4. The molecule has 0 radical (unpaired) electrons. The van der Waals surface area contributed by atoms with Crippen LogP contribution in [0.3, 0.4) is 0 Å². The number of thioether (sulfide) groups is 1. The van der Waals surface area contributed by atoms with Crippen LogP contribution < -0.4 is 5.32 Å². The van der Waals surface area contributed by atoms with Gasteiger partial charge in [-0.15, -0.1) is 11.8 Å². The van der Waals surface area contributed by atoms with Crippen LogP contribution in [-0.4, -0.2) is 17.1 Å². The van der Waals surface area contributed by atoms with Crippen LogP contribution in [0, 0.1) is 0 Å². The second kappa shape index (κ2) is 7.36. The van der Waals surface area contributed by atoms with E-state index in [2.05, 4.69) is 36.3 Å². The van der Waals surface area contributed by atoms with Crippen molar-refractivity contribution in [1.29, 1.82) is 0 Å². The zero-order valence-corrected chi connectivity index (χ0v) is 15.6. The van der Waals surface area contributed by atoms with E-state index >= 15 is 0 Å². The number of hydrogen-bond acceptors (Lipinski definition) is 4. The second-order valence-electron chi connectivity index (χ2n) is 5.97. The third-order valence-corrected chi connectivity index (χ3v) is 5.53. The maximum Gasteiger partial charge on any atom is 0.230 e. The van der Waals surface area contributed by atoms with Crippen LogP contribution in [0.2, 0.25) is 0 Å². The third kappa shape index (κ3) is 3.97. The van der Waals surface area contributed by atoms with Crippen LogP contribution in [-0.2, 0) is 11.2 Å². The molecule has 3 nitrogen and oxygen atoms in total. The van der Waals surface area contributed by atoms with E-state index in [4.69, 9.17) is 0 Å². The minimum atomic E-state index is -0.0324. The maximum atomic E-state index is 12.2. The summed E-state index contributed by atoms with van der Waals surface area (Å²) in [5.41, 5.74) is 3.23. The Hall–Kier alpha value is -1.85. The lowest BCUT2D eigenvalue weighted by Crippen LogP contribution is -2.14. The number of benzene rings is 2. The molecule has 1 amide bonds. The molecule has 1 N–H and O–H groups in total. The number of nitrogens with one attached hydrogen (secondary N) is 1. The molecule has 1 aromatic heterocycles. The van der Waals surface area contributed by atoms with Crippen molar-refractivity contribution < 1.29 is 4.79 Å². The van der Waals surface area contributed by atoms with Gasteiger partial charge >= 0.3 is 0 Å². The van der Waals surface area contributed by atoms with E-state index in [9.17, 15) is 4.79 Å². The summed E-state index contributed by atoms with van der Waals surface area (Å²) in [5.74, 6) is 0.453. The molecule has 24 heavy (non-hydrogen) atoms. The Bertz CT molecular complexity index is 853. The van der Waals surface area contributed by atoms with Crippen LogP contribution in [0.15, 0.2) is 47.4 Å². The second-order valence-corrected chi connectivity index (χ2v) is 7.88. The fourth-order valence-corrected chi connectivity index (χ4v) is 3.78. The normalized spacial score (nSPS) is 11.2. The standard InChI is InChI=1S/C19H20N2OS2/c1-12(2)14-6-9-16-17(11-14)24-19(20-16)21-18(22)10-13-4-7-15(23-3)8-5-13/h4-9,11-12H,10H2,1-3H3,(H,20,21,22). The number of thiazole rings is 1. The number of amides is 1. The molecule has 0 saturated carbocycles. The van der Waals surface area contributed by atoms with Gasteiger partial charge in [-0.3, -0.25) is 4.79 Å². The van der Waals surface area contributed by atoms with Crippen molar-refractivity contribution in [3.63, 3.8) is 0 Å². The Balaban J connectivity index is 1.70. The van der Waals surface area contributed by atoms with E-state index in [1.54, 1.807) is 11.8 Å². The Kier molecular flexibility index (Phi) is 5.21. The summed E-state index contributed by atoms with van der Waals surface area (Å²) in [7, 11) is 0. The van der Waals surface area contributed by atoms with Gasteiger partial charge in [0.05, 0.1) is 16.6 Å². The molecule has 0 aliphatic carbocycles. The molecular formula is C19H20N2OS2. The molecule has 1 heterocycles. The highest BCUT2D eigenvalue weighted by molar-refractivity contribution is 7.98. The molecule has 0 aliphatic heterocycles. The molecule has 3 rings (SSSR count). The number of fused-ring (bicyclic) bond motifs is 1. The van der Waals surface area contributed by atoms with Gasteiger partial charge in [0.25, 0.3) is 0 Å². The van der Waals surface area contributed by atoms with Gasteiger partial charge in [0.15, 0.2) is 5.13 Å². The molecule has 2 aromatic carbocycles. The van der Waals surface area contributed by atoms with Gasteiger partial charge in [-0.2, -0.15) is 0 Å². The van der Waals surface area contributed by atoms with Crippen LogP contribution in [0.25, 0.3) is 10.2 Å². The summed E-state index contributed by atoms with van der Waals surface area (Å²) in [4.78, 5) is 17.9. The van der Waals surface area contributed by atoms with Gasteiger partial charge in [-0.1, -0.05) is 43.4 Å². The fraction of sp³-hybridized carbons (Fsp3) is 0.263. The number of aromatic nitrogens is 1. The lowest BCUT2D eigenvalue weighted by Gasteiger charge is -2.03. The van der Waals surface area contributed by atoms with Crippen LogP contribution >= 0.6 is 23.1 Å². The average Bonchev–Trinajstić information content (AvgIpc) is 2.96. The van der Waals surface area contributed by atoms with Crippen molar-refractivity contribution >= 4 is 44.4 Å². The van der Waals surface area contributed by atoms with E-state index < -0.39 is 0 Å². The van der Waals surface area contributed by atoms with Crippen molar-refractivity contribution in [2.45, 2.75) is 31.1 Å².